The van der Waals surface area contributed by atoms with Gasteiger partial charge in [-0.05, 0) is 43.1 Å². The minimum atomic E-state index is -1.14. The molecule has 0 bridgehead atoms. The Kier molecular flexibility index (Phi) is 7.24. The van der Waals surface area contributed by atoms with Crippen molar-refractivity contribution in [3.8, 4) is 0 Å². The number of rotatable bonds is 7. The summed E-state index contributed by atoms with van der Waals surface area (Å²) in [7, 11) is 3.21. The molecule has 0 spiro atoms. The lowest BCUT2D eigenvalue weighted by molar-refractivity contribution is -0.180. The molecule has 4 heteroatoms. The molecule has 0 radical (unpaired) electrons. The van der Waals surface area contributed by atoms with Gasteiger partial charge in [0.25, 0.3) is 0 Å². The van der Waals surface area contributed by atoms with Crippen LogP contribution in [0, 0.1) is 17.8 Å². The first kappa shape index (κ1) is 20.9. The molecule has 146 valence electrons. The van der Waals surface area contributed by atoms with Crippen molar-refractivity contribution in [3.05, 3.63) is 35.4 Å². The van der Waals surface area contributed by atoms with E-state index in [0.29, 0.717) is 24.4 Å². The molecule has 0 aliphatic heterocycles. The lowest BCUT2D eigenvalue weighted by Gasteiger charge is -2.39. The van der Waals surface area contributed by atoms with Crippen molar-refractivity contribution in [2.24, 2.45) is 17.8 Å². The fourth-order valence-corrected chi connectivity index (χ4v) is 4.07. The molecule has 0 N–H and O–H groups in total. The van der Waals surface area contributed by atoms with Crippen molar-refractivity contribution in [3.63, 3.8) is 0 Å². The third kappa shape index (κ3) is 4.47. The maximum atomic E-state index is 13.2. The Hall–Kier alpha value is -1.39. The molecule has 4 nitrogen and oxygen atoms in total. The summed E-state index contributed by atoms with van der Waals surface area (Å²) < 4.78 is 17.1. The molecule has 0 heterocycles. The smallest absolute Gasteiger partial charge is 0.343 e. The first-order chi connectivity index (χ1) is 12.3. The summed E-state index contributed by atoms with van der Waals surface area (Å²) in [5, 5.41) is 0. The molecule has 4 atom stereocenters. The average Bonchev–Trinajstić information content (AvgIpc) is 2.61. The number of esters is 1. The second-order valence-electron chi connectivity index (χ2n) is 8.10. The van der Waals surface area contributed by atoms with Gasteiger partial charge >= 0.3 is 5.97 Å². The molecule has 0 aromatic heterocycles. The third-order valence-electron chi connectivity index (χ3n) is 5.85. The lowest BCUT2D eigenvalue weighted by Crippen LogP contribution is -2.43. The maximum absolute atomic E-state index is 13.2. The summed E-state index contributed by atoms with van der Waals surface area (Å²) in [5.41, 5.74) is 0.602. The van der Waals surface area contributed by atoms with Crippen LogP contribution in [-0.4, -0.2) is 26.3 Å². The van der Waals surface area contributed by atoms with E-state index in [1.54, 1.807) is 21.1 Å². The van der Waals surface area contributed by atoms with Gasteiger partial charge in [0.2, 0.25) is 0 Å². The van der Waals surface area contributed by atoms with E-state index in [4.69, 9.17) is 14.2 Å². The van der Waals surface area contributed by atoms with E-state index in [1.165, 1.54) is 6.42 Å². The van der Waals surface area contributed by atoms with E-state index in [0.717, 1.165) is 24.0 Å². The number of benzene rings is 1. The minimum Gasteiger partial charge on any atom is -0.460 e. The van der Waals surface area contributed by atoms with Crippen molar-refractivity contribution in [2.45, 2.75) is 65.3 Å². The van der Waals surface area contributed by atoms with E-state index >= 15 is 0 Å². The molecular weight excluding hydrogens is 328 g/mol. The SMILES string of the molecule is COCc1ccccc1C(C)(OC)C(=O)O[C@@H]1C[C@H](C)CC[C@H]1C(C)C. The van der Waals surface area contributed by atoms with E-state index < -0.39 is 5.60 Å². The molecule has 26 heavy (non-hydrogen) atoms. The van der Waals surface area contributed by atoms with E-state index in [1.807, 2.05) is 24.3 Å². The summed E-state index contributed by atoms with van der Waals surface area (Å²) in [6.45, 7) is 8.88. The molecule has 0 saturated heterocycles. The van der Waals surface area contributed by atoms with Crippen LogP contribution in [0.25, 0.3) is 0 Å². The Balaban J connectivity index is 2.27. The highest BCUT2D eigenvalue weighted by Crippen LogP contribution is 2.37. The van der Waals surface area contributed by atoms with Crippen molar-refractivity contribution in [1.29, 1.82) is 0 Å². The van der Waals surface area contributed by atoms with Gasteiger partial charge in [0.05, 0.1) is 6.61 Å². The Morgan fingerprint density at radius 2 is 1.92 bits per heavy atom. The largest absolute Gasteiger partial charge is 0.460 e. The molecular formula is C22H34O4. The van der Waals surface area contributed by atoms with Crippen LogP contribution < -0.4 is 0 Å². The van der Waals surface area contributed by atoms with E-state index in [2.05, 4.69) is 20.8 Å². The minimum absolute atomic E-state index is 0.0460. The zero-order valence-electron chi connectivity index (χ0n) is 17.1. The van der Waals surface area contributed by atoms with Crippen molar-refractivity contribution < 1.29 is 19.0 Å². The second kappa shape index (κ2) is 9.01. The van der Waals surface area contributed by atoms with Crippen LogP contribution in [0.5, 0.6) is 0 Å². The normalized spacial score (nSPS) is 25.7. The van der Waals surface area contributed by atoms with Crippen LogP contribution in [0.2, 0.25) is 0 Å². The average molecular weight is 363 g/mol. The summed E-state index contributed by atoms with van der Waals surface area (Å²) in [6.07, 6.45) is 3.19. The number of hydrogen-bond acceptors (Lipinski definition) is 4. The number of ether oxygens (including phenoxy) is 3. The zero-order valence-corrected chi connectivity index (χ0v) is 17.1. The molecule has 1 aliphatic carbocycles. The van der Waals surface area contributed by atoms with Crippen LogP contribution in [-0.2, 0) is 31.2 Å². The van der Waals surface area contributed by atoms with Crippen LogP contribution in [0.3, 0.4) is 0 Å². The highest BCUT2D eigenvalue weighted by Gasteiger charge is 2.42. The van der Waals surface area contributed by atoms with Crippen LogP contribution >= 0.6 is 0 Å². The van der Waals surface area contributed by atoms with Crippen LogP contribution in [0.15, 0.2) is 24.3 Å². The molecule has 1 saturated carbocycles. The highest BCUT2D eigenvalue weighted by molar-refractivity contribution is 5.81. The highest BCUT2D eigenvalue weighted by atomic mass is 16.6. The third-order valence-corrected chi connectivity index (χ3v) is 5.85. The molecule has 1 aliphatic rings. The van der Waals surface area contributed by atoms with Gasteiger partial charge in [-0.15, -0.1) is 0 Å². The topological polar surface area (TPSA) is 44.8 Å². The number of methoxy groups -OCH3 is 2. The number of hydrogen-bond donors (Lipinski definition) is 0. The summed E-state index contributed by atoms with van der Waals surface area (Å²) in [4.78, 5) is 13.2. The Labute approximate surface area is 158 Å². The van der Waals surface area contributed by atoms with Crippen molar-refractivity contribution in [1.82, 2.24) is 0 Å². The van der Waals surface area contributed by atoms with Gasteiger partial charge in [0.15, 0.2) is 5.60 Å². The zero-order chi connectivity index (χ0) is 19.3. The standard InChI is InChI=1S/C22H34O4/c1-15(2)18-12-11-16(3)13-20(18)26-21(23)22(4,25-6)19-10-8-7-9-17(19)14-24-5/h7-10,15-16,18,20H,11-14H2,1-6H3/t16-,18+,20-,22?/m1/s1. The Bertz CT molecular complexity index is 598. The van der Waals surface area contributed by atoms with Gasteiger partial charge in [-0.3, -0.25) is 0 Å². The molecule has 1 aromatic carbocycles. The van der Waals surface area contributed by atoms with Gasteiger partial charge in [-0.2, -0.15) is 0 Å². The fraction of sp³-hybridized carbons (Fsp3) is 0.682. The maximum Gasteiger partial charge on any atom is 0.343 e. The Morgan fingerprint density at radius 1 is 1.23 bits per heavy atom. The lowest BCUT2D eigenvalue weighted by atomic mass is 9.75. The molecule has 1 unspecified atom stereocenters. The molecule has 1 aromatic rings. The summed E-state index contributed by atoms with van der Waals surface area (Å²) in [5.74, 6) is 1.17. The summed E-state index contributed by atoms with van der Waals surface area (Å²) in [6, 6.07) is 7.74. The quantitative estimate of drug-likeness (QED) is 0.660. The monoisotopic (exact) mass is 362 g/mol. The number of carbonyl (C=O) groups excluding carboxylic acids is 1. The van der Waals surface area contributed by atoms with Crippen LogP contribution in [0.4, 0.5) is 0 Å². The predicted molar refractivity (Wildman–Crippen MR) is 103 cm³/mol. The first-order valence-corrected chi connectivity index (χ1v) is 9.67. The Morgan fingerprint density at radius 3 is 2.54 bits per heavy atom. The van der Waals surface area contributed by atoms with Gasteiger partial charge in [0.1, 0.15) is 6.10 Å². The van der Waals surface area contributed by atoms with Gasteiger partial charge in [-0.25, -0.2) is 4.79 Å². The molecule has 1 fully saturated rings. The van der Waals surface area contributed by atoms with Gasteiger partial charge < -0.3 is 14.2 Å². The van der Waals surface area contributed by atoms with Crippen LogP contribution in [0.1, 0.15) is 58.1 Å². The van der Waals surface area contributed by atoms with E-state index in [-0.39, 0.29) is 12.1 Å². The summed E-state index contributed by atoms with van der Waals surface area (Å²) >= 11 is 0. The first-order valence-electron chi connectivity index (χ1n) is 9.67. The second-order valence-corrected chi connectivity index (χ2v) is 8.10. The van der Waals surface area contributed by atoms with Crippen molar-refractivity contribution >= 4 is 5.97 Å². The fourth-order valence-electron chi connectivity index (χ4n) is 4.07. The molecule has 0 amide bonds. The predicted octanol–water partition coefficient (Wildman–Crippen LogP) is 4.70. The van der Waals surface area contributed by atoms with Crippen molar-refractivity contribution in [2.75, 3.05) is 14.2 Å². The number of carbonyl (C=O) groups is 1. The van der Waals surface area contributed by atoms with Gasteiger partial charge in [0, 0.05) is 19.8 Å². The van der Waals surface area contributed by atoms with E-state index in [9.17, 15) is 4.79 Å². The molecule has 2 rings (SSSR count). The van der Waals surface area contributed by atoms with Gasteiger partial charge in [-0.1, -0.05) is 51.5 Å².